The number of benzene rings is 3. The molecule has 1 nitrogen and oxygen atoms in total. The largest absolute Gasteiger partial charge is 0.398 e. The zero-order chi connectivity index (χ0) is 19.4. The monoisotopic (exact) mass is 379 g/mol. The lowest BCUT2D eigenvalue weighted by molar-refractivity contribution is -0.00518. The van der Waals surface area contributed by atoms with E-state index >= 15 is 0 Å². The second-order valence-electron chi connectivity index (χ2n) is 9.94. The summed E-state index contributed by atoms with van der Waals surface area (Å²) in [6, 6.07) is 26.4. The van der Waals surface area contributed by atoms with E-state index in [4.69, 9.17) is 5.73 Å². The Kier molecular flexibility index (Phi) is 3.88. The third-order valence-corrected chi connectivity index (χ3v) is 8.01. The molecule has 4 saturated carbocycles. The molecule has 4 aliphatic carbocycles. The molecule has 0 heterocycles. The van der Waals surface area contributed by atoms with Crippen LogP contribution in [0.1, 0.15) is 44.1 Å². The second-order valence-corrected chi connectivity index (χ2v) is 9.94. The van der Waals surface area contributed by atoms with E-state index in [1.54, 1.807) is 5.56 Å². The standard InChI is InChI=1S/C28H29N/c29-27-11-8-24(15-26(27)23-4-2-1-3-5-23)22-6-9-25(10-7-22)28-16-19-12-20(17-28)14-21(13-19)18-28/h1-11,15,19-21H,12-14,16-18,29H2. The molecule has 0 aliphatic heterocycles. The van der Waals surface area contributed by atoms with Crippen molar-refractivity contribution in [3.8, 4) is 22.3 Å². The Morgan fingerprint density at radius 1 is 0.621 bits per heavy atom. The molecule has 4 bridgehead atoms. The topological polar surface area (TPSA) is 26.0 Å². The second kappa shape index (κ2) is 6.49. The van der Waals surface area contributed by atoms with Crippen molar-refractivity contribution in [2.75, 3.05) is 5.73 Å². The fourth-order valence-electron chi connectivity index (χ4n) is 7.08. The third kappa shape index (κ3) is 2.90. The van der Waals surface area contributed by atoms with Gasteiger partial charge in [-0.05, 0) is 96.1 Å². The van der Waals surface area contributed by atoms with Gasteiger partial charge < -0.3 is 5.73 Å². The molecule has 146 valence electrons. The van der Waals surface area contributed by atoms with E-state index in [1.165, 1.54) is 55.2 Å². The first kappa shape index (κ1) is 17.3. The molecule has 7 rings (SSSR count). The molecule has 0 unspecified atom stereocenters. The summed E-state index contributed by atoms with van der Waals surface area (Å²) in [6.07, 6.45) is 8.80. The zero-order valence-corrected chi connectivity index (χ0v) is 17.0. The quantitative estimate of drug-likeness (QED) is 0.484. The molecule has 0 atom stereocenters. The predicted octanol–water partition coefficient (Wildman–Crippen LogP) is 7.07. The number of hydrogen-bond acceptors (Lipinski definition) is 1. The first-order valence-corrected chi connectivity index (χ1v) is 11.2. The van der Waals surface area contributed by atoms with Crippen LogP contribution in [0.15, 0.2) is 72.8 Å². The molecule has 2 N–H and O–H groups in total. The Morgan fingerprint density at radius 3 is 1.83 bits per heavy atom. The van der Waals surface area contributed by atoms with Crippen LogP contribution >= 0.6 is 0 Å². The summed E-state index contributed by atoms with van der Waals surface area (Å²) in [5, 5.41) is 0. The maximum atomic E-state index is 6.29. The Labute approximate surface area is 174 Å². The molecule has 1 heteroatoms. The van der Waals surface area contributed by atoms with E-state index in [0.29, 0.717) is 5.41 Å². The van der Waals surface area contributed by atoms with Gasteiger partial charge in [-0.15, -0.1) is 0 Å². The van der Waals surface area contributed by atoms with E-state index in [1.807, 2.05) is 12.1 Å². The van der Waals surface area contributed by atoms with E-state index in [2.05, 4.69) is 60.7 Å². The van der Waals surface area contributed by atoms with Crippen molar-refractivity contribution < 1.29 is 0 Å². The SMILES string of the molecule is Nc1ccc(-c2ccc(C34CC5CC(CC(C5)C3)C4)cc2)cc1-c1ccccc1. The molecule has 0 aromatic heterocycles. The van der Waals surface area contributed by atoms with Gasteiger partial charge in [0.25, 0.3) is 0 Å². The molecule has 3 aromatic carbocycles. The number of nitrogens with two attached hydrogens (primary N) is 1. The fraction of sp³-hybridized carbons (Fsp3) is 0.357. The molecule has 29 heavy (non-hydrogen) atoms. The molecular weight excluding hydrogens is 350 g/mol. The van der Waals surface area contributed by atoms with Crippen molar-refractivity contribution in [2.45, 2.75) is 43.9 Å². The summed E-state index contributed by atoms with van der Waals surface area (Å²) in [7, 11) is 0. The van der Waals surface area contributed by atoms with E-state index in [-0.39, 0.29) is 0 Å². The van der Waals surface area contributed by atoms with Crippen LogP contribution in [-0.2, 0) is 5.41 Å². The molecular formula is C28H29N. The molecule has 3 aromatic rings. The summed E-state index contributed by atoms with van der Waals surface area (Å²) in [6.45, 7) is 0. The smallest absolute Gasteiger partial charge is 0.0394 e. The maximum Gasteiger partial charge on any atom is 0.0394 e. The van der Waals surface area contributed by atoms with Crippen molar-refractivity contribution in [2.24, 2.45) is 17.8 Å². The van der Waals surface area contributed by atoms with Crippen molar-refractivity contribution in [3.63, 3.8) is 0 Å². The molecule has 4 fully saturated rings. The van der Waals surface area contributed by atoms with Crippen LogP contribution < -0.4 is 5.73 Å². The average molecular weight is 380 g/mol. The first-order chi connectivity index (χ1) is 14.2. The van der Waals surface area contributed by atoms with Crippen molar-refractivity contribution >= 4 is 5.69 Å². The number of nitrogen functional groups attached to an aromatic ring is 1. The minimum Gasteiger partial charge on any atom is -0.398 e. The Hall–Kier alpha value is -2.54. The van der Waals surface area contributed by atoms with Crippen LogP contribution in [0.25, 0.3) is 22.3 Å². The lowest BCUT2D eigenvalue weighted by atomic mass is 9.48. The van der Waals surface area contributed by atoms with Crippen LogP contribution in [0.3, 0.4) is 0 Å². The molecule has 0 saturated heterocycles. The van der Waals surface area contributed by atoms with Crippen LogP contribution in [0.4, 0.5) is 5.69 Å². The van der Waals surface area contributed by atoms with Crippen LogP contribution in [0.2, 0.25) is 0 Å². The van der Waals surface area contributed by atoms with Crippen LogP contribution in [-0.4, -0.2) is 0 Å². The van der Waals surface area contributed by atoms with Gasteiger partial charge in [-0.25, -0.2) is 0 Å². The highest BCUT2D eigenvalue weighted by Gasteiger charge is 2.51. The fourth-order valence-corrected chi connectivity index (χ4v) is 7.08. The van der Waals surface area contributed by atoms with Crippen molar-refractivity contribution in [3.05, 3.63) is 78.4 Å². The van der Waals surface area contributed by atoms with E-state index in [0.717, 1.165) is 29.0 Å². The molecule has 4 aliphatic rings. The van der Waals surface area contributed by atoms with Gasteiger partial charge in [0, 0.05) is 11.3 Å². The summed E-state index contributed by atoms with van der Waals surface area (Å²) in [5.41, 5.74) is 14.0. The normalized spacial score (nSPS) is 29.9. The van der Waals surface area contributed by atoms with Gasteiger partial charge in [0.15, 0.2) is 0 Å². The lowest BCUT2D eigenvalue weighted by Gasteiger charge is -2.57. The number of anilines is 1. The maximum absolute atomic E-state index is 6.29. The lowest BCUT2D eigenvalue weighted by Crippen LogP contribution is -2.48. The highest BCUT2D eigenvalue weighted by atomic mass is 14.6. The number of hydrogen-bond donors (Lipinski definition) is 1. The van der Waals surface area contributed by atoms with Gasteiger partial charge in [0.2, 0.25) is 0 Å². The van der Waals surface area contributed by atoms with Gasteiger partial charge in [-0.2, -0.15) is 0 Å². The first-order valence-electron chi connectivity index (χ1n) is 11.2. The highest BCUT2D eigenvalue weighted by molar-refractivity contribution is 5.81. The highest BCUT2D eigenvalue weighted by Crippen LogP contribution is 2.60. The van der Waals surface area contributed by atoms with Crippen LogP contribution in [0, 0.1) is 17.8 Å². The zero-order valence-electron chi connectivity index (χ0n) is 17.0. The van der Waals surface area contributed by atoms with E-state index in [9.17, 15) is 0 Å². The Balaban J connectivity index is 1.33. The summed E-state index contributed by atoms with van der Waals surface area (Å²) in [4.78, 5) is 0. The minimum absolute atomic E-state index is 0.476. The summed E-state index contributed by atoms with van der Waals surface area (Å²) >= 11 is 0. The third-order valence-electron chi connectivity index (χ3n) is 8.01. The Morgan fingerprint density at radius 2 is 1.21 bits per heavy atom. The van der Waals surface area contributed by atoms with Gasteiger partial charge in [0.1, 0.15) is 0 Å². The van der Waals surface area contributed by atoms with Crippen molar-refractivity contribution in [1.29, 1.82) is 0 Å². The van der Waals surface area contributed by atoms with Gasteiger partial charge in [-0.1, -0.05) is 60.7 Å². The van der Waals surface area contributed by atoms with Crippen LogP contribution in [0.5, 0.6) is 0 Å². The Bertz CT molecular complexity index is 996. The predicted molar refractivity (Wildman–Crippen MR) is 122 cm³/mol. The molecule has 0 radical (unpaired) electrons. The summed E-state index contributed by atoms with van der Waals surface area (Å²) < 4.78 is 0. The van der Waals surface area contributed by atoms with Gasteiger partial charge in [0.05, 0.1) is 0 Å². The minimum atomic E-state index is 0.476. The van der Waals surface area contributed by atoms with Gasteiger partial charge >= 0.3 is 0 Å². The number of rotatable bonds is 3. The average Bonchev–Trinajstić information content (AvgIpc) is 2.74. The van der Waals surface area contributed by atoms with E-state index < -0.39 is 0 Å². The van der Waals surface area contributed by atoms with Crippen molar-refractivity contribution in [1.82, 2.24) is 0 Å². The molecule has 0 amide bonds. The van der Waals surface area contributed by atoms with Gasteiger partial charge in [-0.3, -0.25) is 0 Å². The summed E-state index contributed by atoms with van der Waals surface area (Å²) in [5.74, 6) is 2.98. The molecule has 0 spiro atoms.